The molecule has 0 spiro atoms. The van der Waals surface area contributed by atoms with Gasteiger partial charge in [-0.2, -0.15) is 0 Å². The van der Waals surface area contributed by atoms with Crippen molar-refractivity contribution in [3.8, 4) is 17.2 Å². The third-order valence-electron chi connectivity index (χ3n) is 8.35. The Kier molecular flexibility index (Phi) is 4.97. The summed E-state index contributed by atoms with van der Waals surface area (Å²) in [7, 11) is 0. The van der Waals surface area contributed by atoms with Gasteiger partial charge in [-0.3, -0.25) is 4.98 Å². The monoisotopic (exact) mass is 463 g/mol. The largest absolute Gasteiger partial charge is 0.487 e. The molecule has 3 fully saturated rings. The second kappa shape index (κ2) is 8.33. The number of pyridine rings is 1. The van der Waals surface area contributed by atoms with E-state index in [1.165, 1.54) is 49.7 Å². The highest BCUT2D eigenvalue weighted by atomic mass is 16.5. The van der Waals surface area contributed by atoms with E-state index in [4.69, 9.17) is 9.15 Å². The second-order valence-corrected chi connectivity index (χ2v) is 10.5. The maximum Gasteiger partial charge on any atom is 0.247 e. The number of hydrogen-bond donors (Lipinski definition) is 0. The molecule has 3 atom stereocenters. The SMILES string of the molecule is c1ccc(COc2ccc(C3(c4ccc(-c5nnc(C6CC6)o5)cc4)CC4CCC3C4)cc2)nc1. The molecular weight excluding hydrogens is 434 g/mol. The predicted octanol–water partition coefficient (Wildman–Crippen LogP) is 6.69. The molecule has 2 heterocycles. The van der Waals surface area contributed by atoms with Crippen LogP contribution in [0, 0.1) is 11.8 Å². The number of fused-ring (bicyclic) bond motifs is 2. The third kappa shape index (κ3) is 3.74. The van der Waals surface area contributed by atoms with Gasteiger partial charge in [-0.15, -0.1) is 10.2 Å². The number of aromatic nitrogens is 3. The van der Waals surface area contributed by atoms with Gasteiger partial charge < -0.3 is 9.15 Å². The van der Waals surface area contributed by atoms with Crippen molar-refractivity contribution in [2.24, 2.45) is 11.8 Å². The molecule has 3 saturated carbocycles. The molecule has 0 radical (unpaired) electrons. The molecule has 35 heavy (non-hydrogen) atoms. The summed E-state index contributed by atoms with van der Waals surface area (Å²) in [5.74, 6) is 4.29. The van der Waals surface area contributed by atoms with E-state index in [0.717, 1.165) is 28.8 Å². The van der Waals surface area contributed by atoms with Gasteiger partial charge in [0.2, 0.25) is 11.8 Å². The lowest BCUT2D eigenvalue weighted by molar-refractivity contribution is 0.299. The zero-order chi connectivity index (χ0) is 23.2. The van der Waals surface area contributed by atoms with E-state index in [-0.39, 0.29) is 5.41 Å². The Morgan fingerprint density at radius 3 is 2.31 bits per heavy atom. The normalized spacial score (nSPS) is 25.1. The van der Waals surface area contributed by atoms with E-state index >= 15 is 0 Å². The molecule has 2 aromatic carbocycles. The fourth-order valence-electron chi connectivity index (χ4n) is 6.45. The summed E-state index contributed by atoms with van der Waals surface area (Å²) in [5, 5.41) is 8.56. The summed E-state index contributed by atoms with van der Waals surface area (Å²) in [4.78, 5) is 4.35. The minimum atomic E-state index is 0.0645. The van der Waals surface area contributed by atoms with Gasteiger partial charge in [0.15, 0.2) is 0 Å². The van der Waals surface area contributed by atoms with Gasteiger partial charge in [0.05, 0.1) is 5.69 Å². The Hall–Kier alpha value is -3.47. The molecular formula is C30H29N3O2. The van der Waals surface area contributed by atoms with Crippen LogP contribution in [-0.2, 0) is 12.0 Å². The third-order valence-corrected chi connectivity index (χ3v) is 8.35. The zero-order valence-electron chi connectivity index (χ0n) is 19.8. The molecule has 0 aliphatic heterocycles. The van der Waals surface area contributed by atoms with Crippen LogP contribution in [0.5, 0.6) is 5.75 Å². The van der Waals surface area contributed by atoms with Crippen LogP contribution in [0.4, 0.5) is 0 Å². The first-order valence-corrected chi connectivity index (χ1v) is 12.9. The molecule has 176 valence electrons. The first-order valence-electron chi connectivity index (χ1n) is 12.9. The van der Waals surface area contributed by atoms with E-state index in [2.05, 4.69) is 63.7 Å². The molecule has 3 aliphatic rings. The topological polar surface area (TPSA) is 61.0 Å². The zero-order valence-corrected chi connectivity index (χ0v) is 19.8. The van der Waals surface area contributed by atoms with Crippen LogP contribution in [-0.4, -0.2) is 15.2 Å². The van der Waals surface area contributed by atoms with Gasteiger partial charge in [-0.1, -0.05) is 36.8 Å². The molecule has 2 bridgehead atoms. The van der Waals surface area contributed by atoms with Crippen LogP contribution in [0.3, 0.4) is 0 Å². The van der Waals surface area contributed by atoms with E-state index in [9.17, 15) is 0 Å². The van der Waals surface area contributed by atoms with Crippen molar-refractivity contribution in [3.63, 3.8) is 0 Å². The molecule has 7 rings (SSSR count). The lowest BCUT2D eigenvalue weighted by Crippen LogP contribution is -2.34. The van der Waals surface area contributed by atoms with Crippen molar-refractivity contribution in [3.05, 3.63) is 95.6 Å². The first kappa shape index (κ1) is 20.9. The van der Waals surface area contributed by atoms with Crippen LogP contribution in [0.15, 0.2) is 77.3 Å². The van der Waals surface area contributed by atoms with Crippen molar-refractivity contribution < 1.29 is 9.15 Å². The molecule has 5 nitrogen and oxygen atoms in total. The number of rotatable bonds is 7. The van der Waals surface area contributed by atoms with Gasteiger partial charge in [-0.25, -0.2) is 0 Å². The molecule has 5 heteroatoms. The van der Waals surface area contributed by atoms with Gasteiger partial charge in [0.25, 0.3) is 0 Å². The standard InChI is InChI=1S/C30H29N3O2/c1-2-16-31-26(3-1)19-34-27-14-12-24(13-15-27)30(18-20-4-9-25(30)17-20)23-10-7-22(8-11-23)29-33-32-28(35-29)21-5-6-21/h1-3,7-8,10-16,20-21,25H,4-6,9,17-19H2. The molecule has 0 amide bonds. The van der Waals surface area contributed by atoms with Gasteiger partial charge in [-0.05, 0) is 91.5 Å². The lowest BCUT2D eigenvalue weighted by Gasteiger charge is -2.39. The Balaban J connectivity index is 1.16. The number of ether oxygens (including phenoxy) is 1. The highest BCUT2D eigenvalue weighted by molar-refractivity contribution is 5.55. The van der Waals surface area contributed by atoms with Crippen molar-refractivity contribution in [1.29, 1.82) is 0 Å². The molecule has 0 N–H and O–H groups in total. The van der Waals surface area contributed by atoms with Crippen molar-refractivity contribution >= 4 is 0 Å². The van der Waals surface area contributed by atoms with Crippen LogP contribution in [0.25, 0.3) is 11.5 Å². The summed E-state index contributed by atoms with van der Waals surface area (Å²) < 4.78 is 12.0. The highest BCUT2D eigenvalue weighted by Crippen LogP contribution is 2.60. The summed E-state index contributed by atoms with van der Waals surface area (Å²) in [6.45, 7) is 0.482. The van der Waals surface area contributed by atoms with E-state index in [1.54, 1.807) is 6.20 Å². The van der Waals surface area contributed by atoms with Crippen molar-refractivity contribution in [2.75, 3.05) is 0 Å². The highest BCUT2D eigenvalue weighted by Gasteiger charge is 2.52. The van der Waals surface area contributed by atoms with E-state index < -0.39 is 0 Å². The quantitative estimate of drug-likeness (QED) is 0.305. The average Bonchev–Trinajstić information content (AvgIpc) is 3.31. The van der Waals surface area contributed by atoms with Gasteiger partial charge in [0.1, 0.15) is 12.4 Å². The molecule has 3 unspecified atom stereocenters. The lowest BCUT2D eigenvalue weighted by atomic mass is 9.64. The fraction of sp³-hybridized carbons (Fsp3) is 0.367. The molecule has 2 aromatic heterocycles. The second-order valence-electron chi connectivity index (χ2n) is 10.5. The van der Waals surface area contributed by atoms with Crippen LogP contribution < -0.4 is 4.74 Å². The molecule has 3 aliphatic carbocycles. The number of benzene rings is 2. The minimum Gasteiger partial charge on any atom is -0.487 e. The summed E-state index contributed by atoms with van der Waals surface area (Å²) in [6.07, 6.45) is 9.35. The molecule has 4 aromatic rings. The number of hydrogen-bond acceptors (Lipinski definition) is 5. The average molecular weight is 464 g/mol. The van der Waals surface area contributed by atoms with Crippen LogP contribution >= 0.6 is 0 Å². The predicted molar refractivity (Wildman–Crippen MR) is 133 cm³/mol. The molecule has 0 saturated heterocycles. The summed E-state index contributed by atoms with van der Waals surface area (Å²) in [6, 6.07) is 23.6. The van der Waals surface area contributed by atoms with Gasteiger partial charge >= 0.3 is 0 Å². The summed E-state index contributed by atoms with van der Waals surface area (Å²) >= 11 is 0. The Morgan fingerprint density at radius 2 is 1.66 bits per heavy atom. The van der Waals surface area contributed by atoms with Gasteiger partial charge in [0, 0.05) is 23.1 Å². The van der Waals surface area contributed by atoms with Crippen LogP contribution in [0.1, 0.15) is 67.2 Å². The minimum absolute atomic E-state index is 0.0645. The smallest absolute Gasteiger partial charge is 0.247 e. The Bertz CT molecular complexity index is 1310. The van der Waals surface area contributed by atoms with E-state index in [1.807, 2.05) is 18.2 Å². The maximum atomic E-state index is 6.01. The number of nitrogens with zero attached hydrogens (tertiary/aromatic N) is 3. The fourth-order valence-corrected chi connectivity index (χ4v) is 6.45. The first-order chi connectivity index (χ1) is 17.3. The van der Waals surface area contributed by atoms with Crippen LogP contribution in [0.2, 0.25) is 0 Å². The van der Waals surface area contributed by atoms with Crippen molar-refractivity contribution in [2.45, 2.75) is 56.5 Å². The Labute approximate surface area is 205 Å². The maximum absolute atomic E-state index is 6.01. The van der Waals surface area contributed by atoms with E-state index in [0.29, 0.717) is 24.3 Å². The summed E-state index contributed by atoms with van der Waals surface area (Å²) in [5.41, 5.74) is 4.81. The Morgan fingerprint density at radius 1 is 0.857 bits per heavy atom. The van der Waals surface area contributed by atoms with Crippen molar-refractivity contribution in [1.82, 2.24) is 15.2 Å².